The molecule has 0 saturated carbocycles. The number of hydrogen-bond donors (Lipinski definition) is 3. The maximum absolute atomic E-state index is 12.1. The average molecular weight is 276 g/mol. The molecule has 1 fully saturated rings. The zero-order valence-corrected chi connectivity index (χ0v) is 11.1. The van der Waals surface area contributed by atoms with E-state index in [0.717, 1.165) is 0 Å². The summed E-state index contributed by atoms with van der Waals surface area (Å²) in [6.07, 6.45) is 0.669. The van der Waals surface area contributed by atoms with Crippen LogP contribution in [0.1, 0.15) is 25.3 Å². The van der Waals surface area contributed by atoms with Crippen LogP contribution in [0.3, 0.4) is 0 Å². The number of hydrogen-bond acceptors (Lipinski definition) is 3. The summed E-state index contributed by atoms with van der Waals surface area (Å²) in [6, 6.07) is 7.80. The van der Waals surface area contributed by atoms with Gasteiger partial charge in [-0.2, -0.15) is 0 Å². The van der Waals surface area contributed by atoms with Gasteiger partial charge in [0.1, 0.15) is 6.04 Å². The maximum atomic E-state index is 12.1. The van der Waals surface area contributed by atoms with Gasteiger partial charge in [-0.1, -0.05) is 30.3 Å². The van der Waals surface area contributed by atoms with Gasteiger partial charge in [0.2, 0.25) is 11.8 Å². The zero-order valence-electron chi connectivity index (χ0n) is 11.1. The molecule has 20 heavy (non-hydrogen) atoms. The van der Waals surface area contributed by atoms with Crippen LogP contribution >= 0.6 is 0 Å². The van der Waals surface area contributed by atoms with Crippen molar-refractivity contribution >= 4 is 17.8 Å². The average Bonchev–Trinajstić information content (AvgIpc) is 2.86. The van der Waals surface area contributed by atoms with Gasteiger partial charge in [-0.15, -0.1) is 0 Å². The quantitative estimate of drug-likeness (QED) is 0.741. The van der Waals surface area contributed by atoms with Gasteiger partial charge in [-0.05, 0) is 18.9 Å². The Morgan fingerprint density at radius 3 is 2.50 bits per heavy atom. The first-order chi connectivity index (χ1) is 9.43. The monoisotopic (exact) mass is 276 g/mol. The fraction of sp³-hybridized carbons (Fsp3) is 0.357. The van der Waals surface area contributed by atoms with E-state index in [2.05, 4.69) is 10.6 Å². The largest absolute Gasteiger partial charge is 0.479 e. The first-order valence-electron chi connectivity index (χ1n) is 6.34. The molecule has 1 aliphatic heterocycles. The normalized spacial score (nSPS) is 20.9. The van der Waals surface area contributed by atoms with E-state index in [0.29, 0.717) is 12.0 Å². The Balaban J connectivity index is 2.20. The van der Waals surface area contributed by atoms with E-state index < -0.39 is 23.5 Å². The number of carboxylic acid groups (broad SMARTS) is 1. The second-order valence-corrected chi connectivity index (χ2v) is 4.94. The molecule has 1 unspecified atom stereocenters. The second-order valence-electron chi connectivity index (χ2n) is 4.94. The molecule has 1 saturated heterocycles. The van der Waals surface area contributed by atoms with Gasteiger partial charge in [0.25, 0.3) is 0 Å². The van der Waals surface area contributed by atoms with Crippen molar-refractivity contribution in [2.45, 2.75) is 31.3 Å². The summed E-state index contributed by atoms with van der Waals surface area (Å²) in [6.45, 7) is 1.43. The number of benzene rings is 1. The van der Waals surface area contributed by atoms with Crippen LogP contribution in [-0.4, -0.2) is 28.9 Å². The molecule has 1 heterocycles. The molecule has 1 aromatic rings. The van der Waals surface area contributed by atoms with Gasteiger partial charge < -0.3 is 15.7 Å². The molecule has 0 aromatic heterocycles. The highest BCUT2D eigenvalue weighted by Gasteiger charge is 2.39. The van der Waals surface area contributed by atoms with Gasteiger partial charge in [-0.25, -0.2) is 4.79 Å². The third kappa shape index (κ3) is 2.64. The van der Waals surface area contributed by atoms with Crippen LogP contribution in [0.25, 0.3) is 0 Å². The molecular formula is C14H16N2O4. The molecule has 0 spiro atoms. The summed E-state index contributed by atoms with van der Waals surface area (Å²) in [5, 5.41) is 14.5. The molecule has 106 valence electrons. The van der Waals surface area contributed by atoms with Crippen LogP contribution in [-0.2, 0) is 19.9 Å². The van der Waals surface area contributed by atoms with E-state index in [-0.39, 0.29) is 12.3 Å². The highest BCUT2D eigenvalue weighted by atomic mass is 16.4. The number of aliphatic carboxylic acids is 1. The van der Waals surface area contributed by atoms with E-state index in [1.807, 2.05) is 0 Å². The van der Waals surface area contributed by atoms with Crippen molar-refractivity contribution in [3.05, 3.63) is 35.9 Å². The summed E-state index contributed by atoms with van der Waals surface area (Å²) < 4.78 is 0. The summed E-state index contributed by atoms with van der Waals surface area (Å²) in [5.41, 5.74) is -1.05. The number of amides is 2. The minimum Gasteiger partial charge on any atom is -0.479 e. The molecule has 0 bridgehead atoms. The molecular weight excluding hydrogens is 260 g/mol. The van der Waals surface area contributed by atoms with Crippen molar-refractivity contribution in [3.8, 4) is 0 Å². The summed E-state index contributed by atoms with van der Waals surface area (Å²) >= 11 is 0. The van der Waals surface area contributed by atoms with E-state index in [1.54, 1.807) is 30.3 Å². The highest BCUT2D eigenvalue weighted by molar-refractivity contribution is 5.94. The Kier molecular flexibility index (Phi) is 3.74. The molecule has 2 atom stereocenters. The van der Waals surface area contributed by atoms with Crippen LogP contribution < -0.4 is 10.6 Å². The fourth-order valence-electron chi connectivity index (χ4n) is 2.16. The molecule has 3 N–H and O–H groups in total. The molecule has 1 aromatic carbocycles. The number of carbonyl (C=O) groups excluding carboxylic acids is 2. The van der Waals surface area contributed by atoms with E-state index >= 15 is 0 Å². The van der Waals surface area contributed by atoms with Crippen LogP contribution in [0, 0.1) is 0 Å². The topological polar surface area (TPSA) is 95.5 Å². The predicted molar refractivity (Wildman–Crippen MR) is 70.7 cm³/mol. The van der Waals surface area contributed by atoms with Crippen LogP contribution in [0.15, 0.2) is 30.3 Å². The number of carboxylic acids is 1. The summed E-state index contributed by atoms with van der Waals surface area (Å²) in [5.74, 6) is -1.83. The van der Waals surface area contributed by atoms with Gasteiger partial charge in [-0.3, -0.25) is 9.59 Å². The van der Waals surface area contributed by atoms with Crippen molar-refractivity contribution in [3.63, 3.8) is 0 Å². The lowest BCUT2D eigenvalue weighted by atomic mass is 9.91. The SMILES string of the molecule is CC(NC(=O)[C@H]1CCC(=O)N1)(C(=O)O)c1ccccc1. The summed E-state index contributed by atoms with van der Waals surface area (Å²) in [4.78, 5) is 34.7. The van der Waals surface area contributed by atoms with Gasteiger partial charge >= 0.3 is 5.97 Å². The first-order valence-corrected chi connectivity index (χ1v) is 6.34. The van der Waals surface area contributed by atoms with Crippen molar-refractivity contribution in [1.82, 2.24) is 10.6 Å². The van der Waals surface area contributed by atoms with E-state index in [9.17, 15) is 19.5 Å². The molecule has 2 rings (SSSR count). The minimum atomic E-state index is -1.52. The van der Waals surface area contributed by atoms with Gasteiger partial charge in [0, 0.05) is 6.42 Å². The maximum Gasteiger partial charge on any atom is 0.333 e. The molecule has 2 amide bonds. The Labute approximate surface area is 116 Å². The standard InChI is InChI=1S/C14H16N2O4/c1-14(13(19)20,9-5-3-2-4-6-9)16-12(18)10-7-8-11(17)15-10/h2-6,10H,7-8H2,1H3,(H,15,17)(H,16,18)(H,19,20)/t10-,14?/m1/s1. The molecule has 1 aliphatic rings. The van der Waals surface area contributed by atoms with Crippen LogP contribution in [0.2, 0.25) is 0 Å². The van der Waals surface area contributed by atoms with Crippen molar-refractivity contribution in [2.24, 2.45) is 0 Å². The van der Waals surface area contributed by atoms with Crippen molar-refractivity contribution < 1.29 is 19.5 Å². The smallest absolute Gasteiger partial charge is 0.333 e. The minimum absolute atomic E-state index is 0.193. The van der Waals surface area contributed by atoms with Crippen molar-refractivity contribution in [2.75, 3.05) is 0 Å². The first kappa shape index (κ1) is 14.0. The lowest BCUT2D eigenvalue weighted by Crippen LogP contribution is -2.54. The number of rotatable bonds is 4. The fourth-order valence-corrected chi connectivity index (χ4v) is 2.16. The second kappa shape index (κ2) is 5.32. The van der Waals surface area contributed by atoms with E-state index in [1.165, 1.54) is 6.92 Å². The summed E-state index contributed by atoms with van der Waals surface area (Å²) in [7, 11) is 0. The Morgan fingerprint density at radius 1 is 1.35 bits per heavy atom. The molecule has 6 nitrogen and oxygen atoms in total. The number of nitrogens with one attached hydrogen (secondary N) is 2. The molecule has 6 heteroatoms. The Hall–Kier alpha value is -2.37. The van der Waals surface area contributed by atoms with Crippen LogP contribution in [0.4, 0.5) is 0 Å². The molecule has 0 radical (unpaired) electrons. The highest BCUT2D eigenvalue weighted by Crippen LogP contribution is 2.21. The zero-order chi connectivity index (χ0) is 14.8. The van der Waals surface area contributed by atoms with Crippen LogP contribution in [0.5, 0.6) is 0 Å². The Bertz CT molecular complexity index is 543. The van der Waals surface area contributed by atoms with Gasteiger partial charge in [0.15, 0.2) is 5.54 Å². The predicted octanol–water partition coefficient (Wildman–Crippen LogP) is 0.381. The van der Waals surface area contributed by atoms with Crippen molar-refractivity contribution in [1.29, 1.82) is 0 Å². The lowest BCUT2D eigenvalue weighted by molar-refractivity contribution is -0.147. The lowest BCUT2D eigenvalue weighted by Gasteiger charge is -2.28. The molecule has 0 aliphatic carbocycles. The number of carbonyl (C=O) groups is 3. The van der Waals surface area contributed by atoms with Gasteiger partial charge in [0.05, 0.1) is 0 Å². The van der Waals surface area contributed by atoms with E-state index in [4.69, 9.17) is 0 Å². The Morgan fingerprint density at radius 2 is 2.00 bits per heavy atom. The third-order valence-corrected chi connectivity index (χ3v) is 3.46. The third-order valence-electron chi connectivity index (χ3n) is 3.46.